The lowest BCUT2D eigenvalue weighted by atomic mass is 10.1. The summed E-state index contributed by atoms with van der Waals surface area (Å²) in [7, 11) is 0. The molecular weight excluding hydrogens is 309 g/mol. The molecule has 1 aromatic rings. The number of carbonyl (C=O) groups excluding carboxylic acids is 1. The van der Waals surface area contributed by atoms with Crippen LogP contribution in [0.5, 0.6) is 0 Å². The number of hydrogen-bond acceptors (Lipinski definition) is 3. The fourth-order valence-corrected chi connectivity index (χ4v) is 2.94. The largest absolute Gasteiger partial charge is 0.348 e. The first kappa shape index (κ1) is 18.2. The van der Waals surface area contributed by atoms with Gasteiger partial charge < -0.3 is 11.1 Å². The van der Waals surface area contributed by atoms with Crippen molar-refractivity contribution in [2.45, 2.75) is 19.4 Å². The molecule has 1 amide bonds. The highest BCUT2D eigenvalue weighted by atomic mass is 35.5. The van der Waals surface area contributed by atoms with Gasteiger partial charge in [0.2, 0.25) is 5.91 Å². The molecule has 0 aliphatic carbocycles. The standard InChI is InChI=1S/C15H22ClN3O.ClH/c1-11(13-4-2-3-5-14(13)16)18-15(20)10-19-7-6-12(8-17)9-19;/h2-5,11-12H,6-10,17H2,1H3,(H,18,20);1H. The van der Waals surface area contributed by atoms with E-state index in [1.54, 1.807) is 0 Å². The molecule has 1 aromatic carbocycles. The summed E-state index contributed by atoms with van der Waals surface area (Å²) < 4.78 is 0. The Morgan fingerprint density at radius 2 is 2.24 bits per heavy atom. The van der Waals surface area contributed by atoms with Crippen LogP contribution in [0.2, 0.25) is 5.02 Å². The lowest BCUT2D eigenvalue weighted by Gasteiger charge is -2.19. The van der Waals surface area contributed by atoms with Crippen molar-refractivity contribution in [2.24, 2.45) is 11.7 Å². The smallest absolute Gasteiger partial charge is 0.234 e. The first-order valence-electron chi connectivity index (χ1n) is 7.06. The van der Waals surface area contributed by atoms with Crippen molar-refractivity contribution >= 4 is 29.9 Å². The normalized spacial score (nSPS) is 19.9. The molecule has 1 saturated heterocycles. The minimum absolute atomic E-state index is 0. The van der Waals surface area contributed by atoms with Crippen LogP contribution in [0.3, 0.4) is 0 Å². The summed E-state index contributed by atoms with van der Waals surface area (Å²) in [5.41, 5.74) is 6.61. The van der Waals surface area contributed by atoms with Crippen molar-refractivity contribution in [1.29, 1.82) is 0 Å². The van der Waals surface area contributed by atoms with Gasteiger partial charge in [0.25, 0.3) is 0 Å². The van der Waals surface area contributed by atoms with Crippen molar-refractivity contribution in [3.63, 3.8) is 0 Å². The van der Waals surface area contributed by atoms with Crippen molar-refractivity contribution in [1.82, 2.24) is 10.2 Å². The van der Waals surface area contributed by atoms with Crippen LogP contribution in [-0.4, -0.2) is 37.0 Å². The average molecular weight is 332 g/mol. The third kappa shape index (κ3) is 5.15. The van der Waals surface area contributed by atoms with Gasteiger partial charge in [-0.1, -0.05) is 29.8 Å². The molecule has 1 aliphatic heterocycles. The second-order valence-electron chi connectivity index (χ2n) is 5.44. The van der Waals surface area contributed by atoms with Crippen molar-refractivity contribution in [3.05, 3.63) is 34.9 Å². The van der Waals surface area contributed by atoms with Gasteiger partial charge in [0.1, 0.15) is 0 Å². The number of nitrogens with zero attached hydrogens (tertiary/aromatic N) is 1. The Balaban J connectivity index is 0.00000220. The summed E-state index contributed by atoms with van der Waals surface area (Å²) in [5.74, 6) is 0.568. The van der Waals surface area contributed by atoms with Gasteiger partial charge in [-0.15, -0.1) is 12.4 Å². The van der Waals surface area contributed by atoms with Gasteiger partial charge in [-0.2, -0.15) is 0 Å². The quantitative estimate of drug-likeness (QED) is 0.869. The third-order valence-corrected chi connectivity index (χ3v) is 4.16. The molecule has 3 N–H and O–H groups in total. The molecule has 2 unspecified atom stereocenters. The molecule has 0 radical (unpaired) electrons. The summed E-state index contributed by atoms with van der Waals surface area (Å²) in [6.07, 6.45) is 1.09. The number of nitrogens with one attached hydrogen (secondary N) is 1. The fraction of sp³-hybridized carbons (Fsp3) is 0.533. The maximum absolute atomic E-state index is 12.1. The highest BCUT2D eigenvalue weighted by molar-refractivity contribution is 6.31. The van der Waals surface area contributed by atoms with Crippen LogP contribution in [0.25, 0.3) is 0 Å². The molecular formula is C15H23Cl2N3O. The molecule has 1 aliphatic rings. The number of nitrogens with two attached hydrogens (primary N) is 1. The van der Waals surface area contributed by atoms with E-state index in [-0.39, 0.29) is 24.4 Å². The molecule has 0 bridgehead atoms. The van der Waals surface area contributed by atoms with E-state index in [2.05, 4.69) is 10.2 Å². The second-order valence-corrected chi connectivity index (χ2v) is 5.84. The van der Waals surface area contributed by atoms with E-state index in [0.717, 1.165) is 25.1 Å². The van der Waals surface area contributed by atoms with Crippen LogP contribution in [0, 0.1) is 5.92 Å². The molecule has 0 spiro atoms. The number of carbonyl (C=O) groups is 1. The minimum atomic E-state index is -0.0795. The predicted octanol–water partition coefficient (Wildman–Crippen LogP) is 2.22. The summed E-state index contributed by atoms with van der Waals surface area (Å²) in [5, 5.41) is 3.69. The predicted molar refractivity (Wildman–Crippen MR) is 88.9 cm³/mol. The van der Waals surface area contributed by atoms with Gasteiger partial charge in [-0.05, 0) is 44.0 Å². The van der Waals surface area contributed by atoms with Crippen LogP contribution in [0.1, 0.15) is 24.9 Å². The number of likely N-dealkylation sites (tertiary alicyclic amines) is 1. The van der Waals surface area contributed by atoms with Gasteiger partial charge in [-0.3, -0.25) is 9.69 Å². The molecule has 0 aromatic heterocycles. The number of hydrogen-bond donors (Lipinski definition) is 2. The van der Waals surface area contributed by atoms with E-state index in [4.69, 9.17) is 17.3 Å². The summed E-state index contributed by atoms with van der Waals surface area (Å²) in [6, 6.07) is 7.51. The van der Waals surface area contributed by atoms with E-state index in [1.807, 2.05) is 31.2 Å². The Kier molecular flexibility index (Phi) is 7.46. The third-order valence-electron chi connectivity index (χ3n) is 3.82. The molecule has 2 atom stereocenters. The molecule has 4 nitrogen and oxygen atoms in total. The monoisotopic (exact) mass is 331 g/mol. The lowest BCUT2D eigenvalue weighted by molar-refractivity contribution is -0.122. The maximum Gasteiger partial charge on any atom is 0.234 e. The fourth-order valence-electron chi connectivity index (χ4n) is 2.64. The highest BCUT2D eigenvalue weighted by Gasteiger charge is 2.23. The Hall–Kier alpha value is -0.810. The van der Waals surface area contributed by atoms with Crippen LogP contribution in [0.15, 0.2) is 24.3 Å². The van der Waals surface area contributed by atoms with Gasteiger partial charge in [0.15, 0.2) is 0 Å². The topological polar surface area (TPSA) is 58.4 Å². The van der Waals surface area contributed by atoms with E-state index >= 15 is 0 Å². The van der Waals surface area contributed by atoms with Crippen LogP contribution in [-0.2, 0) is 4.79 Å². The summed E-state index contributed by atoms with van der Waals surface area (Å²) in [6.45, 7) is 4.96. The highest BCUT2D eigenvalue weighted by Crippen LogP contribution is 2.22. The molecule has 21 heavy (non-hydrogen) atoms. The van der Waals surface area contributed by atoms with E-state index < -0.39 is 0 Å². The molecule has 6 heteroatoms. The zero-order valence-corrected chi connectivity index (χ0v) is 13.8. The Bertz CT molecular complexity index is 470. The van der Waals surface area contributed by atoms with Gasteiger partial charge in [0, 0.05) is 11.6 Å². The second kappa shape index (κ2) is 8.59. The van der Waals surface area contributed by atoms with Crippen molar-refractivity contribution < 1.29 is 4.79 Å². The molecule has 1 fully saturated rings. The van der Waals surface area contributed by atoms with Gasteiger partial charge >= 0.3 is 0 Å². The number of amides is 1. The molecule has 2 rings (SSSR count). The average Bonchev–Trinajstić information content (AvgIpc) is 2.86. The van der Waals surface area contributed by atoms with Crippen LogP contribution >= 0.6 is 24.0 Å². The van der Waals surface area contributed by atoms with E-state index in [9.17, 15) is 4.79 Å². The maximum atomic E-state index is 12.1. The Morgan fingerprint density at radius 3 is 2.86 bits per heavy atom. The molecule has 0 saturated carbocycles. The van der Waals surface area contributed by atoms with Crippen LogP contribution in [0.4, 0.5) is 0 Å². The number of benzene rings is 1. The van der Waals surface area contributed by atoms with Crippen molar-refractivity contribution in [2.75, 3.05) is 26.2 Å². The Morgan fingerprint density at radius 1 is 1.52 bits per heavy atom. The van der Waals surface area contributed by atoms with E-state index in [1.165, 1.54) is 0 Å². The Labute approximate surface area is 137 Å². The van der Waals surface area contributed by atoms with Gasteiger partial charge in [-0.25, -0.2) is 0 Å². The number of halogens is 2. The SMILES string of the molecule is CC(NC(=O)CN1CCC(CN)C1)c1ccccc1Cl.Cl. The first-order chi connectivity index (χ1) is 9.60. The zero-order valence-electron chi connectivity index (χ0n) is 12.2. The van der Waals surface area contributed by atoms with E-state index in [0.29, 0.717) is 24.0 Å². The molecule has 118 valence electrons. The minimum Gasteiger partial charge on any atom is -0.348 e. The van der Waals surface area contributed by atoms with Crippen LogP contribution < -0.4 is 11.1 Å². The number of rotatable bonds is 5. The summed E-state index contributed by atoms with van der Waals surface area (Å²) >= 11 is 6.14. The van der Waals surface area contributed by atoms with Crippen molar-refractivity contribution in [3.8, 4) is 0 Å². The molecule has 1 heterocycles. The van der Waals surface area contributed by atoms with Gasteiger partial charge in [0.05, 0.1) is 12.6 Å². The zero-order chi connectivity index (χ0) is 14.5. The summed E-state index contributed by atoms with van der Waals surface area (Å²) in [4.78, 5) is 14.2. The first-order valence-corrected chi connectivity index (χ1v) is 7.44. The lowest BCUT2D eigenvalue weighted by Crippen LogP contribution is -2.37.